The minimum Gasteiger partial charge on any atom is -0.298 e. The third-order valence-corrected chi connectivity index (χ3v) is 2.60. The lowest BCUT2D eigenvalue weighted by atomic mass is 10.2. The Kier molecular flexibility index (Phi) is 2.19. The summed E-state index contributed by atoms with van der Waals surface area (Å²) in [6.07, 6.45) is 0.776. The summed E-state index contributed by atoms with van der Waals surface area (Å²) in [5.41, 5.74) is 0.625. The second kappa shape index (κ2) is 2.96. The first-order valence-electron chi connectivity index (χ1n) is 3.21. The molecule has 0 spiro atoms. The summed E-state index contributed by atoms with van der Waals surface area (Å²) in [5, 5.41) is 0. The fraction of sp³-hybridized carbons (Fsp3) is 0.250. The van der Waals surface area contributed by atoms with Crippen molar-refractivity contribution in [3.63, 3.8) is 0 Å². The Hall–Kier alpha value is -0.960. The van der Waals surface area contributed by atoms with Gasteiger partial charge in [-0.15, -0.1) is 11.3 Å². The Morgan fingerprint density at radius 1 is 1.64 bits per heavy atom. The Bertz CT molecular complexity index is 299. The predicted molar refractivity (Wildman–Crippen MR) is 44.4 cm³/mol. The van der Waals surface area contributed by atoms with Gasteiger partial charge in [0.15, 0.2) is 12.1 Å². The quantitative estimate of drug-likeness (QED) is 0.500. The molecule has 0 aromatic carbocycles. The van der Waals surface area contributed by atoms with Gasteiger partial charge in [-0.25, -0.2) is 0 Å². The monoisotopic (exact) mass is 168 g/mol. The van der Waals surface area contributed by atoms with E-state index in [-0.39, 0.29) is 5.78 Å². The van der Waals surface area contributed by atoms with Gasteiger partial charge in [0.25, 0.3) is 0 Å². The molecule has 2 nitrogen and oxygen atoms in total. The first-order valence-corrected chi connectivity index (χ1v) is 4.03. The smallest absolute Gasteiger partial charge is 0.169 e. The largest absolute Gasteiger partial charge is 0.298 e. The molecule has 0 fully saturated rings. The first kappa shape index (κ1) is 8.14. The molecule has 0 unspecified atom stereocenters. The van der Waals surface area contributed by atoms with Gasteiger partial charge in [0, 0.05) is 10.4 Å². The summed E-state index contributed by atoms with van der Waals surface area (Å²) < 4.78 is 0. The highest BCUT2D eigenvalue weighted by Crippen LogP contribution is 2.20. The van der Waals surface area contributed by atoms with Crippen LogP contribution in [0.3, 0.4) is 0 Å². The maximum atomic E-state index is 10.8. The Balaban J connectivity index is 3.14. The third kappa shape index (κ3) is 1.54. The molecule has 0 radical (unpaired) electrons. The van der Waals surface area contributed by atoms with E-state index >= 15 is 0 Å². The molecule has 11 heavy (non-hydrogen) atoms. The summed E-state index contributed by atoms with van der Waals surface area (Å²) in [7, 11) is 0. The van der Waals surface area contributed by atoms with Crippen molar-refractivity contribution in [1.82, 2.24) is 0 Å². The van der Waals surface area contributed by atoms with Gasteiger partial charge in [-0.3, -0.25) is 9.59 Å². The molecule has 1 aromatic heterocycles. The average Bonchev–Trinajstić information content (AvgIpc) is 2.31. The zero-order valence-corrected chi connectivity index (χ0v) is 7.20. The molecule has 0 aliphatic rings. The Morgan fingerprint density at radius 2 is 2.27 bits per heavy atom. The summed E-state index contributed by atoms with van der Waals surface area (Å²) in [5.74, 6) is 0.0196. The molecule has 0 saturated heterocycles. The molecule has 1 rings (SSSR count). The number of carbonyl (C=O) groups excluding carboxylic acids is 2. The van der Waals surface area contributed by atoms with Crippen LogP contribution in [0.1, 0.15) is 31.8 Å². The molecule has 0 aliphatic heterocycles. The summed E-state index contributed by atoms with van der Waals surface area (Å²) >= 11 is 1.37. The first-order chi connectivity index (χ1) is 5.15. The van der Waals surface area contributed by atoms with Gasteiger partial charge in [0.05, 0.1) is 4.88 Å². The van der Waals surface area contributed by atoms with E-state index in [9.17, 15) is 9.59 Å². The molecule has 0 saturated carbocycles. The summed E-state index contributed by atoms with van der Waals surface area (Å²) in [6, 6.07) is 1.63. The zero-order valence-electron chi connectivity index (χ0n) is 6.38. The molecule has 0 bridgehead atoms. The minimum atomic E-state index is 0.0196. The molecule has 0 N–H and O–H groups in total. The topological polar surface area (TPSA) is 34.1 Å². The molecular weight excluding hydrogens is 160 g/mol. The van der Waals surface area contributed by atoms with Crippen molar-refractivity contribution in [3.05, 3.63) is 21.4 Å². The van der Waals surface area contributed by atoms with E-state index in [0.29, 0.717) is 10.4 Å². The van der Waals surface area contributed by atoms with Crippen molar-refractivity contribution in [1.29, 1.82) is 0 Å². The Labute approximate surface area is 68.9 Å². The van der Waals surface area contributed by atoms with Gasteiger partial charge >= 0.3 is 0 Å². The lowest BCUT2D eigenvalue weighted by molar-refractivity contribution is 0.102. The van der Waals surface area contributed by atoms with Crippen LogP contribution in [0.2, 0.25) is 0 Å². The van der Waals surface area contributed by atoms with Crippen molar-refractivity contribution >= 4 is 23.4 Å². The van der Waals surface area contributed by atoms with E-state index in [2.05, 4.69) is 0 Å². The van der Waals surface area contributed by atoms with Crippen LogP contribution in [0.15, 0.2) is 6.07 Å². The molecule has 0 aliphatic carbocycles. The fourth-order valence-corrected chi connectivity index (χ4v) is 1.67. The number of hydrogen-bond acceptors (Lipinski definition) is 3. The number of Topliss-reactive ketones (excluding diaryl/α,β-unsaturated/α-hetero) is 1. The molecule has 3 heteroatoms. The molecule has 0 amide bonds. The average molecular weight is 168 g/mol. The summed E-state index contributed by atoms with van der Waals surface area (Å²) in [4.78, 5) is 22.7. The number of aryl methyl sites for hydroxylation is 1. The van der Waals surface area contributed by atoms with Crippen molar-refractivity contribution in [2.45, 2.75) is 13.8 Å². The molecule has 0 atom stereocenters. The number of aldehydes is 1. The van der Waals surface area contributed by atoms with E-state index in [0.717, 1.165) is 11.2 Å². The van der Waals surface area contributed by atoms with Crippen LogP contribution in [0.25, 0.3) is 0 Å². The highest BCUT2D eigenvalue weighted by atomic mass is 32.1. The van der Waals surface area contributed by atoms with Crippen molar-refractivity contribution in [2.75, 3.05) is 0 Å². The van der Waals surface area contributed by atoms with Gasteiger partial charge in [-0.05, 0) is 19.9 Å². The van der Waals surface area contributed by atoms with Crippen molar-refractivity contribution < 1.29 is 9.59 Å². The summed E-state index contributed by atoms with van der Waals surface area (Å²) in [6.45, 7) is 3.33. The standard InChI is InChI=1S/C8H8O2S/c1-5(10)8-3-7(4-9)6(2)11-8/h3-4H,1-2H3. The highest BCUT2D eigenvalue weighted by molar-refractivity contribution is 7.14. The Morgan fingerprint density at radius 3 is 2.55 bits per heavy atom. The predicted octanol–water partition coefficient (Wildman–Crippen LogP) is 2.07. The van der Waals surface area contributed by atoms with Crippen LogP contribution in [0, 0.1) is 6.92 Å². The molecular formula is C8H8O2S. The van der Waals surface area contributed by atoms with Crippen molar-refractivity contribution in [3.8, 4) is 0 Å². The normalized spacial score (nSPS) is 9.64. The number of hydrogen-bond donors (Lipinski definition) is 0. The van der Waals surface area contributed by atoms with Gasteiger partial charge in [0.1, 0.15) is 0 Å². The van der Waals surface area contributed by atoms with Gasteiger partial charge < -0.3 is 0 Å². The van der Waals surface area contributed by atoms with Gasteiger partial charge in [-0.2, -0.15) is 0 Å². The van der Waals surface area contributed by atoms with Crippen LogP contribution in [-0.2, 0) is 0 Å². The molecule has 58 valence electrons. The fourth-order valence-electron chi connectivity index (χ4n) is 0.787. The second-order valence-corrected chi connectivity index (χ2v) is 3.55. The van der Waals surface area contributed by atoms with E-state index in [1.54, 1.807) is 6.07 Å². The number of rotatable bonds is 2. The second-order valence-electron chi connectivity index (χ2n) is 2.30. The lowest BCUT2D eigenvalue weighted by Gasteiger charge is -1.81. The maximum Gasteiger partial charge on any atom is 0.169 e. The van der Waals surface area contributed by atoms with Gasteiger partial charge in [0.2, 0.25) is 0 Å². The number of ketones is 1. The lowest BCUT2D eigenvalue weighted by Crippen LogP contribution is -1.84. The van der Waals surface area contributed by atoms with Crippen LogP contribution in [-0.4, -0.2) is 12.1 Å². The molecule has 1 heterocycles. The van der Waals surface area contributed by atoms with E-state index < -0.39 is 0 Å². The highest BCUT2D eigenvalue weighted by Gasteiger charge is 2.06. The van der Waals surface area contributed by atoms with E-state index in [1.165, 1.54) is 18.3 Å². The van der Waals surface area contributed by atoms with Crippen LogP contribution in [0.5, 0.6) is 0 Å². The SMILES string of the molecule is CC(=O)c1cc(C=O)c(C)s1. The minimum absolute atomic E-state index is 0.0196. The van der Waals surface area contributed by atoms with Gasteiger partial charge in [-0.1, -0.05) is 0 Å². The van der Waals surface area contributed by atoms with Crippen LogP contribution < -0.4 is 0 Å². The number of thiophene rings is 1. The zero-order chi connectivity index (χ0) is 8.43. The van der Waals surface area contributed by atoms with E-state index in [1.807, 2.05) is 6.92 Å². The number of carbonyl (C=O) groups is 2. The van der Waals surface area contributed by atoms with Crippen LogP contribution in [0.4, 0.5) is 0 Å². The van der Waals surface area contributed by atoms with Crippen molar-refractivity contribution in [2.24, 2.45) is 0 Å². The molecule has 1 aromatic rings. The van der Waals surface area contributed by atoms with E-state index in [4.69, 9.17) is 0 Å². The third-order valence-electron chi connectivity index (χ3n) is 1.43. The maximum absolute atomic E-state index is 10.8. The van der Waals surface area contributed by atoms with Crippen LogP contribution >= 0.6 is 11.3 Å².